The molecule has 2 atom stereocenters. The second kappa shape index (κ2) is 9.57. The van der Waals surface area contributed by atoms with Crippen LogP contribution in [-0.4, -0.2) is 17.5 Å². The molecule has 1 saturated heterocycles. The van der Waals surface area contributed by atoms with E-state index in [0.717, 1.165) is 28.7 Å². The molecule has 170 valence electrons. The topological polar surface area (TPSA) is 29.5 Å². The normalized spacial score (nSPS) is 19.1. The number of benzene rings is 3. The maximum Gasteiger partial charge on any atom is 0.411 e. The van der Waals surface area contributed by atoms with Crippen LogP contribution in [0.5, 0.6) is 0 Å². The average molecular weight is 448 g/mol. The molecule has 33 heavy (non-hydrogen) atoms. The number of rotatable bonds is 7. The van der Waals surface area contributed by atoms with Crippen LogP contribution in [-0.2, 0) is 10.3 Å². The van der Waals surface area contributed by atoms with Crippen LogP contribution in [0.2, 0.25) is 0 Å². The van der Waals surface area contributed by atoms with E-state index < -0.39 is 5.60 Å². The molecule has 5 heteroatoms. The Kier molecular flexibility index (Phi) is 6.59. The lowest BCUT2D eigenvalue weighted by atomic mass is 9.85. The molecule has 0 saturated carbocycles. The summed E-state index contributed by atoms with van der Waals surface area (Å²) in [5.74, 6) is -0.593. The van der Waals surface area contributed by atoms with Gasteiger partial charge in [0.1, 0.15) is 17.2 Å². The summed E-state index contributed by atoms with van der Waals surface area (Å²) < 4.78 is 32.7. The van der Waals surface area contributed by atoms with Crippen molar-refractivity contribution < 1.29 is 18.3 Å². The molecule has 0 spiro atoms. The van der Waals surface area contributed by atoms with Gasteiger partial charge in [-0.15, -0.1) is 6.58 Å². The molecule has 0 aromatic heterocycles. The first kappa shape index (κ1) is 22.7. The Hall–Kier alpha value is -3.47. The third-order valence-corrected chi connectivity index (χ3v) is 6.35. The highest BCUT2D eigenvalue weighted by Crippen LogP contribution is 2.40. The summed E-state index contributed by atoms with van der Waals surface area (Å²) in [5.41, 5.74) is 2.86. The molecule has 3 aromatic carbocycles. The summed E-state index contributed by atoms with van der Waals surface area (Å²) in [6.45, 7) is 6.38. The zero-order valence-corrected chi connectivity index (χ0v) is 18.6. The van der Waals surface area contributed by atoms with Crippen molar-refractivity contribution in [2.75, 3.05) is 6.54 Å². The molecule has 3 aromatic rings. The molecule has 1 fully saturated rings. The number of carbonyl (C=O) groups excluding carboxylic acids is 1. The fraction of sp³-hybridized carbons (Fsp3) is 0.250. The van der Waals surface area contributed by atoms with Crippen LogP contribution in [0.3, 0.4) is 0 Å². The van der Waals surface area contributed by atoms with E-state index in [1.165, 1.54) is 24.3 Å². The van der Waals surface area contributed by atoms with Crippen molar-refractivity contribution in [1.82, 2.24) is 4.90 Å². The summed E-state index contributed by atoms with van der Waals surface area (Å²) in [6, 6.07) is 20.4. The first-order valence-electron chi connectivity index (χ1n) is 11.2. The highest BCUT2D eigenvalue weighted by Gasteiger charge is 2.43. The summed E-state index contributed by atoms with van der Waals surface area (Å²) in [4.78, 5) is 14.9. The van der Waals surface area contributed by atoms with Gasteiger partial charge in [0.05, 0.1) is 6.04 Å². The highest BCUT2D eigenvalue weighted by molar-refractivity contribution is 5.70. The van der Waals surface area contributed by atoms with Crippen molar-refractivity contribution in [2.24, 2.45) is 0 Å². The second-order valence-corrected chi connectivity index (χ2v) is 8.36. The molecular weight excluding hydrogens is 420 g/mol. The molecule has 3 nitrogen and oxygen atoms in total. The van der Waals surface area contributed by atoms with Crippen LogP contribution in [0.15, 0.2) is 85.5 Å². The molecule has 1 aliphatic rings. The van der Waals surface area contributed by atoms with Gasteiger partial charge in [-0.05, 0) is 52.9 Å². The lowest BCUT2D eigenvalue weighted by molar-refractivity contribution is -0.0607. The summed E-state index contributed by atoms with van der Waals surface area (Å²) in [6.07, 6.45) is 3.12. The number of nitrogens with zero attached hydrogens (tertiary/aromatic N) is 1. The number of hydrogen-bond donors (Lipinski definition) is 0. The van der Waals surface area contributed by atoms with E-state index in [1.807, 2.05) is 31.2 Å². The van der Waals surface area contributed by atoms with Crippen molar-refractivity contribution in [1.29, 1.82) is 0 Å². The number of carbonyl (C=O) groups is 1. The van der Waals surface area contributed by atoms with Gasteiger partial charge in [-0.2, -0.15) is 0 Å². The zero-order chi connectivity index (χ0) is 23.4. The fourth-order valence-electron chi connectivity index (χ4n) is 4.58. The molecular formula is C28H27F2NO2. The average Bonchev–Trinajstić information content (AvgIpc) is 2.82. The van der Waals surface area contributed by atoms with Crippen LogP contribution < -0.4 is 0 Å². The molecule has 1 aliphatic heterocycles. The van der Waals surface area contributed by atoms with Crippen LogP contribution in [0.1, 0.15) is 43.4 Å². The molecule has 0 aliphatic carbocycles. The third kappa shape index (κ3) is 4.68. The van der Waals surface area contributed by atoms with E-state index >= 15 is 0 Å². The Balaban J connectivity index is 1.54. The second-order valence-electron chi connectivity index (χ2n) is 8.36. The first-order valence-corrected chi connectivity index (χ1v) is 11.2. The number of cyclic esters (lactones) is 1. The monoisotopic (exact) mass is 447 g/mol. The molecule has 1 amide bonds. The van der Waals surface area contributed by atoms with Gasteiger partial charge >= 0.3 is 6.09 Å². The molecule has 4 rings (SSSR count). The van der Waals surface area contributed by atoms with Gasteiger partial charge in [0.2, 0.25) is 0 Å². The minimum Gasteiger partial charge on any atom is -0.437 e. The fourth-order valence-corrected chi connectivity index (χ4v) is 4.58. The smallest absolute Gasteiger partial charge is 0.411 e. The number of amides is 1. The Morgan fingerprint density at radius 2 is 1.52 bits per heavy atom. The highest BCUT2D eigenvalue weighted by atomic mass is 19.1. The van der Waals surface area contributed by atoms with E-state index in [1.54, 1.807) is 35.2 Å². The van der Waals surface area contributed by atoms with Crippen molar-refractivity contribution in [3.8, 4) is 11.1 Å². The number of ether oxygens (including phenoxy) is 1. The lowest BCUT2D eigenvalue weighted by Crippen LogP contribution is -2.49. The quantitative estimate of drug-likeness (QED) is 0.353. The van der Waals surface area contributed by atoms with Gasteiger partial charge in [-0.3, -0.25) is 0 Å². The number of hydrogen-bond acceptors (Lipinski definition) is 2. The Morgan fingerprint density at radius 1 is 0.970 bits per heavy atom. The van der Waals surface area contributed by atoms with Crippen molar-refractivity contribution in [2.45, 2.75) is 37.8 Å². The van der Waals surface area contributed by atoms with Crippen LogP contribution in [0.25, 0.3) is 11.1 Å². The van der Waals surface area contributed by atoms with Crippen molar-refractivity contribution >= 4 is 6.09 Å². The summed E-state index contributed by atoms with van der Waals surface area (Å²) in [7, 11) is 0. The minimum atomic E-state index is -0.840. The van der Waals surface area contributed by atoms with Gasteiger partial charge in [0, 0.05) is 19.4 Å². The van der Waals surface area contributed by atoms with E-state index in [9.17, 15) is 13.6 Å². The van der Waals surface area contributed by atoms with Crippen LogP contribution in [0, 0.1) is 11.6 Å². The summed E-state index contributed by atoms with van der Waals surface area (Å²) >= 11 is 0. The van der Waals surface area contributed by atoms with Gasteiger partial charge in [-0.25, -0.2) is 13.6 Å². The molecule has 0 unspecified atom stereocenters. The van der Waals surface area contributed by atoms with Crippen LogP contribution in [0.4, 0.5) is 13.6 Å². The molecule has 0 N–H and O–H groups in total. The van der Waals surface area contributed by atoms with Gasteiger partial charge in [0.25, 0.3) is 0 Å². The maximum absolute atomic E-state index is 13.4. The van der Waals surface area contributed by atoms with Crippen molar-refractivity contribution in [3.05, 3.63) is 108 Å². The number of halogens is 2. The summed E-state index contributed by atoms with van der Waals surface area (Å²) in [5, 5.41) is 0. The first-order chi connectivity index (χ1) is 16.0. The lowest BCUT2D eigenvalue weighted by Gasteiger charge is -2.43. The minimum absolute atomic E-state index is 0.130. The predicted molar refractivity (Wildman–Crippen MR) is 126 cm³/mol. The molecule has 0 bridgehead atoms. The van der Waals surface area contributed by atoms with Gasteiger partial charge in [0.15, 0.2) is 0 Å². The Morgan fingerprint density at radius 3 is 2.03 bits per heavy atom. The largest absolute Gasteiger partial charge is 0.437 e. The van der Waals surface area contributed by atoms with Gasteiger partial charge in [-0.1, -0.05) is 61.5 Å². The van der Waals surface area contributed by atoms with E-state index in [-0.39, 0.29) is 23.8 Å². The Bertz CT molecular complexity index is 1110. The molecule has 0 radical (unpaired) electrons. The zero-order valence-electron chi connectivity index (χ0n) is 18.6. The SMILES string of the molecule is C=CC[C@]1(c2ccc(F)cc2)CCN([C@@H](CC)c2ccc(-c3ccc(F)cc3)cc2)C(=O)O1. The van der Waals surface area contributed by atoms with E-state index in [2.05, 4.69) is 6.58 Å². The van der Waals surface area contributed by atoms with Gasteiger partial charge < -0.3 is 9.64 Å². The van der Waals surface area contributed by atoms with Crippen molar-refractivity contribution in [3.63, 3.8) is 0 Å². The Labute approximate surface area is 193 Å². The third-order valence-electron chi connectivity index (χ3n) is 6.35. The maximum atomic E-state index is 13.4. The molecule has 1 heterocycles. The van der Waals surface area contributed by atoms with E-state index in [0.29, 0.717) is 19.4 Å². The van der Waals surface area contributed by atoms with E-state index in [4.69, 9.17) is 4.74 Å². The standard InChI is InChI=1S/C28H27F2NO2/c1-3-17-28(23-11-15-25(30)16-12-23)18-19-31(27(32)33-28)26(4-2)22-7-5-20(6-8-22)21-9-13-24(29)14-10-21/h3,5-16,26H,1,4,17-19H2,2H3/t26-,28+/m0/s1. The predicted octanol–water partition coefficient (Wildman–Crippen LogP) is 7.40. The van der Waals surface area contributed by atoms with Crippen LogP contribution >= 0.6 is 0 Å².